The maximum atomic E-state index is 9.30. The second kappa shape index (κ2) is 5.57. The molecule has 1 heterocycles. The molecule has 3 rings (SSSR count). The van der Waals surface area contributed by atoms with Gasteiger partial charge < -0.3 is 0 Å². The molecule has 0 fully saturated rings. The molecule has 0 saturated carbocycles. The first-order chi connectivity index (χ1) is 9.70. The normalized spacial score (nSPS) is 13.7. The molecular weight excluding hydrogens is 311 g/mol. The molecule has 0 amide bonds. The lowest BCUT2D eigenvalue weighted by Crippen LogP contribution is -1.84. The van der Waals surface area contributed by atoms with Gasteiger partial charge in [-0.25, -0.2) is 4.99 Å². The van der Waals surface area contributed by atoms with Gasteiger partial charge in [0.05, 0.1) is 15.6 Å². The Morgan fingerprint density at radius 2 is 2.15 bits per heavy atom. The summed E-state index contributed by atoms with van der Waals surface area (Å²) in [6, 6.07) is 7.69. The summed E-state index contributed by atoms with van der Waals surface area (Å²) in [5.74, 6) is 0. The van der Waals surface area contributed by atoms with Crippen molar-refractivity contribution in [2.45, 2.75) is 19.3 Å². The van der Waals surface area contributed by atoms with Crippen molar-refractivity contribution < 1.29 is 0 Å². The van der Waals surface area contributed by atoms with E-state index < -0.39 is 0 Å². The van der Waals surface area contributed by atoms with Crippen molar-refractivity contribution in [1.82, 2.24) is 0 Å². The Morgan fingerprint density at radius 1 is 1.30 bits per heavy atom. The molecule has 5 heteroatoms. The SMILES string of the molecule is N#Cc1c(N=Cc2cccc(Cl)c2Cl)sc2c1CCC2. The average molecular weight is 321 g/mol. The molecule has 0 spiro atoms. The molecule has 1 aliphatic carbocycles. The van der Waals surface area contributed by atoms with E-state index in [-0.39, 0.29) is 0 Å². The fourth-order valence-corrected chi connectivity index (χ4v) is 3.88. The average Bonchev–Trinajstić information content (AvgIpc) is 3.00. The number of nitrogens with zero attached hydrogens (tertiary/aromatic N) is 2. The highest BCUT2D eigenvalue weighted by atomic mass is 35.5. The molecule has 1 aromatic heterocycles. The molecule has 100 valence electrons. The topological polar surface area (TPSA) is 36.1 Å². The van der Waals surface area contributed by atoms with E-state index in [1.165, 1.54) is 10.4 Å². The lowest BCUT2D eigenvalue weighted by Gasteiger charge is -1.99. The number of thiophene rings is 1. The molecule has 0 aliphatic heterocycles. The van der Waals surface area contributed by atoms with Crippen LogP contribution in [-0.4, -0.2) is 6.21 Å². The zero-order chi connectivity index (χ0) is 14.1. The van der Waals surface area contributed by atoms with Gasteiger partial charge in [-0.3, -0.25) is 0 Å². The van der Waals surface area contributed by atoms with Crippen molar-refractivity contribution in [2.75, 3.05) is 0 Å². The summed E-state index contributed by atoms with van der Waals surface area (Å²) in [5, 5.41) is 11.1. The van der Waals surface area contributed by atoms with Crippen LogP contribution in [0.15, 0.2) is 23.2 Å². The van der Waals surface area contributed by atoms with Gasteiger partial charge in [0.15, 0.2) is 0 Å². The highest BCUT2D eigenvalue weighted by molar-refractivity contribution is 7.16. The largest absolute Gasteiger partial charge is 0.244 e. The van der Waals surface area contributed by atoms with Gasteiger partial charge in [-0.1, -0.05) is 35.3 Å². The third-order valence-corrected chi connectivity index (χ3v) is 5.35. The smallest absolute Gasteiger partial charge is 0.134 e. The number of hydrogen-bond acceptors (Lipinski definition) is 3. The molecule has 0 bridgehead atoms. The fraction of sp³-hybridized carbons (Fsp3) is 0.200. The summed E-state index contributed by atoms with van der Waals surface area (Å²) < 4.78 is 0. The summed E-state index contributed by atoms with van der Waals surface area (Å²) in [5.41, 5.74) is 2.66. The Labute approximate surface area is 131 Å². The minimum absolute atomic E-state index is 0.487. The molecule has 20 heavy (non-hydrogen) atoms. The minimum atomic E-state index is 0.487. The summed E-state index contributed by atoms with van der Waals surface area (Å²) in [7, 11) is 0. The predicted molar refractivity (Wildman–Crippen MR) is 84.8 cm³/mol. The Morgan fingerprint density at radius 3 is 2.95 bits per heavy atom. The molecular formula is C15H10Cl2N2S. The van der Waals surface area contributed by atoms with Crippen LogP contribution in [0.25, 0.3) is 0 Å². The van der Waals surface area contributed by atoms with Crippen LogP contribution in [-0.2, 0) is 12.8 Å². The van der Waals surface area contributed by atoms with Gasteiger partial charge in [0.1, 0.15) is 11.1 Å². The minimum Gasteiger partial charge on any atom is -0.244 e. The first kappa shape index (κ1) is 13.6. The van der Waals surface area contributed by atoms with E-state index >= 15 is 0 Å². The molecule has 1 aliphatic rings. The van der Waals surface area contributed by atoms with Gasteiger partial charge in [0.2, 0.25) is 0 Å². The first-order valence-corrected chi connectivity index (χ1v) is 7.80. The summed E-state index contributed by atoms with van der Waals surface area (Å²) in [6.07, 6.45) is 4.86. The van der Waals surface area contributed by atoms with E-state index in [9.17, 15) is 5.26 Å². The van der Waals surface area contributed by atoms with Crippen LogP contribution >= 0.6 is 34.5 Å². The van der Waals surface area contributed by atoms with Gasteiger partial charge in [0.25, 0.3) is 0 Å². The monoisotopic (exact) mass is 320 g/mol. The number of halogens is 2. The van der Waals surface area contributed by atoms with E-state index in [0.29, 0.717) is 10.0 Å². The van der Waals surface area contributed by atoms with Gasteiger partial charge >= 0.3 is 0 Å². The Kier molecular flexibility index (Phi) is 3.80. The fourth-order valence-electron chi connectivity index (χ4n) is 2.34. The molecule has 2 nitrogen and oxygen atoms in total. The zero-order valence-corrected chi connectivity index (χ0v) is 12.8. The molecule has 0 N–H and O–H groups in total. The number of aliphatic imine (C=N–C) groups is 1. The second-order valence-electron chi connectivity index (χ2n) is 4.55. The molecule has 0 unspecified atom stereocenters. The summed E-state index contributed by atoms with van der Waals surface area (Å²) in [6.45, 7) is 0. The quantitative estimate of drug-likeness (QED) is 0.703. The maximum Gasteiger partial charge on any atom is 0.134 e. The van der Waals surface area contributed by atoms with E-state index in [4.69, 9.17) is 23.2 Å². The standard InChI is InChI=1S/C15H10Cl2N2S/c16-12-5-1-3-9(14(12)17)8-19-15-11(7-18)10-4-2-6-13(10)20-15/h1,3,5,8H,2,4,6H2. The van der Waals surface area contributed by atoms with Crippen molar-refractivity contribution in [3.8, 4) is 6.07 Å². The maximum absolute atomic E-state index is 9.30. The number of benzene rings is 1. The number of rotatable bonds is 2. The van der Waals surface area contributed by atoms with Crippen molar-refractivity contribution in [3.05, 3.63) is 49.8 Å². The Bertz CT molecular complexity index is 741. The number of aryl methyl sites for hydroxylation is 1. The van der Waals surface area contributed by atoms with Crippen LogP contribution in [0.4, 0.5) is 5.00 Å². The lowest BCUT2D eigenvalue weighted by atomic mass is 10.1. The van der Waals surface area contributed by atoms with Crippen molar-refractivity contribution in [2.24, 2.45) is 4.99 Å². The highest BCUT2D eigenvalue weighted by Gasteiger charge is 2.21. The molecule has 0 saturated heterocycles. The molecule has 0 atom stereocenters. The van der Waals surface area contributed by atoms with Crippen LogP contribution < -0.4 is 0 Å². The van der Waals surface area contributed by atoms with Crippen LogP contribution in [0.1, 0.15) is 28.0 Å². The third-order valence-electron chi connectivity index (χ3n) is 3.32. The summed E-state index contributed by atoms with van der Waals surface area (Å²) >= 11 is 13.7. The van der Waals surface area contributed by atoms with Crippen molar-refractivity contribution in [3.63, 3.8) is 0 Å². The Balaban J connectivity index is 1.98. The van der Waals surface area contributed by atoms with Gasteiger partial charge in [0, 0.05) is 16.7 Å². The Hall–Kier alpha value is -1.34. The predicted octanol–water partition coefficient (Wildman–Crippen LogP) is 5.17. The van der Waals surface area contributed by atoms with E-state index in [0.717, 1.165) is 35.4 Å². The van der Waals surface area contributed by atoms with Gasteiger partial charge in [-0.15, -0.1) is 11.3 Å². The van der Waals surface area contributed by atoms with Crippen LogP contribution in [0.5, 0.6) is 0 Å². The van der Waals surface area contributed by atoms with Crippen LogP contribution in [0.3, 0.4) is 0 Å². The highest BCUT2D eigenvalue weighted by Crippen LogP contribution is 2.40. The van der Waals surface area contributed by atoms with E-state index in [1.807, 2.05) is 12.1 Å². The number of hydrogen-bond donors (Lipinski definition) is 0. The van der Waals surface area contributed by atoms with Crippen molar-refractivity contribution in [1.29, 1.82) is 5.26 Å². The second-order valence-corrected chi connectivity index (χ2v) is 6.42. The molecule has 0 radical (unpaired) electrons. The zero-order valence-electron chi connectivity index (χ0n) is 10.5. The molecule has 1 aromatic carbocycles. The van der Waals surface area contributed by atoms with E-state index in [2.05, 4.69) is 11.1 Å². The third kappa shape index (κ3) is 2.35. The van der Waals surface area contributed by atoms with Gasteiger partial charge in [-0.2, -0.15) is 5.26 Å². The van der Waals surface area contributed by atoms with Crippen LogP contribution in [0, 0.1) is 11.3 Å². The number of fused-ring (bicyclic) bond motifs is 1. The first-order valence-electron chi connectivity index (χ1n) is 6.23. The van der Waals surface area contributed by atoms with Crippen LogP contribution in [0.2, 0.25) is 10.0 Å². The van der Waals surface area contributed by atoms with E-state index in [1.54, 1.807) is 23.6 Å². The van der Waals surface area contributed by atoms with Crippen molar-refractivity contribution >= 4 is 45.8 Å². The molecule has 2 aromatic rings. The summed E-state index contributed by atoms with van der Waals surface area (Å²) in [4.78, 5) is 5.74. The van der Waals surface area contributed by atoms with Gasteiger partial charge in [-0.05, 0) is 30.9 Å². The number of nitriles is 1. The lowest BCUT2D eigenvalue weighted by molar-refractivity contribution is 0.913.